The fourth-order valence-corrected chi connectivity index (χ4v) is 3.06. The van der Waals surface area contributed by atoms with Crippen LogP contribution in [0.4, 0.5) is 5.82 Å². The molecule has 8 nitrogen and oxygen atoms in total. The number of amides is 2. The molecule has 2 amide bonds. The van der Waals surface area contributed by atoms with E-state index in [1.54, 1.807) is 17.3 Å². The molecule has 1 aliphatic rings. The third kappa shape index (κ3) is 3.19. The van der Waals surface area contributed by atoms with Crippen molar-refractivity contribution in [1.82, 2.24) is 25.2 Å². The predicted octanol–water partition coefficient (Wildman–Crippen LogP) is 0.931. The van der Waals surface area contributed by atoms with Crippen LogP contribution >= 0.6 is 0 Å². The van der Waals surface area contributed by atoms with Crippen molar-refractivity contribution >= 4 is 28.8 Å². The summed E-state index contributed by atoms with van der Waals surface area (Å²) < 4.78 is 0. The van der Waals surface area contributed by atoms with E-state index in [2.05, 4.69) is 26.8 Å². The Kier molecular flexibility index (Phi) is 4.69. The first-order chi connectivity index (χ1) is 12.0. The van der Waals surface area contributed by atoms with Gasteiger partial charge in [-0.2, -0.15) is 0 Å². The lowest BCUT2D eigenvalue weighted by Crippen LogP contribution is -2.36. The number of likely N-dealkylation sites (N-methyl/N-ethyl adjacent to an activating group) is 1. The lowest BCUT2D eigenvalue weighted by Gasteiger charge is -2.25. The Morgan fingerprint density at radius 1 is 1.56 bits per heavy atom. The minimum atomic E-state index is -0.175. The van der Waals surface area contributed by atoms with E-state index in [0.717, 1.165) is 6.42 Å². The maximum atomic E-state index is 12.1. The molecule has 132 valence electrons. The average Bonchev–Trinajstić information content (AvgIpc) is 3.27. The number of likely N-dealkylation sites (tertiary alicyclic amines) is 1. The van der Waals surface area contributed by atoms with Crippen LogP contribution in [-0.2, 0) is 4.79 Å². The molecule has 0 bridgehead atoms. The summed E-state index contributed by atoms with van der Waals surface area (Å²) in [7, 11) is 1.93. The van der Waals surface area contributed by atoms with Crippen LogP contribution in [0.1, 0.15) is 23.7 Å². The fraction of sp³-hybridized carbons (Fsp3) is 0.412. The van der Waals surface area contributed by atoms with Crippen LogP contribution in [0.2, 0.25) is 0 Å². The topological polar surface area (TPSA) is 94.2 Å². The van der Waals surface area contributed by atoms with Gasteiger partial charge in [-0.3, -0.25) is 9.59 Å². The van der Waals surface area contributed by atoms with Crippen molar-refractivity contribution in [3.8, 4) is 0 Å². The maximum absolute atomic E-state index is 12.1. The Balaban J connectivity index is 1.83. The Hall–Kier alpha value is -2.90. The highest BCUT2D eigenvalue weighted by atomic mass is 16.2. The molecular weight excluding hydrogens is 320 g/mol. The largest absolute Gasteiger partial charge is 0.354 e. The molecule has 8 heteroatoms. The number of aromatic nitrogens is 3. The highest BCUT2D eigenvalue weighted by molar-refractivity contribution is 6.04. The van der Waals surface area contributed by atoms with Gasteiger partial charge in [-0.05, 0) is 19.4 Å². The van der Waals surface area contributed by atoms with Crippen LogP contribution in [0.3, 0.4) is 0 Å². The Morgan fingerprint density at radius 3 is 3.08 bits per heavy atom. The Labute approximate surface area is 145 Å². The summed E-state index contributed by atoms with van der Waals surface area (Å²) in [4.78, 5) is 39.6. The van der Waals surface area contributed by atoms with E-state index in [9.17, 15) is 9.59 Å². The standard InChI is InChI=1S/C17H22N6O2/c1-4-14(24)23-7-6-11(10-23)22(3)13-9-20-16-15(21-13)12(8-19-16)17(25)18-5-2/h4,8-9,11H,1,5-7,10H2,2-3H3,(H,18,25)(H,19,20). The highest BCUT2D eigenvalue weighted by Gasteiger charge is 2.29. The fourth-order valence-electron chi connectivity index (χ4n) is 3.06. The number of hydrogen-bond acceptors (Lipinski definition) is 5. The third-order valence-electron chi connectivity index (χ3n) is 4.51. The van der Waals surface area contributed by atoms with Crippen LogP contribution in [-0.4, -0.2) is 64.4 Å². The second-order valence-corrected chi connectivity index (χ2v) is 6.03. The molecule has 25 heavy (non-hydrogen) atoms. The number of carbonyl (C=O) groups is 2. The van der Waals surface area contributed by atoms with Gasteiger partial charge in [0, 0.05) is 38.9 Å². The zero-order valence-corrected chi connectivity index (χ0v) is 14.5. The summed E-state index contributed by atoms with van der Waals surface area (Å²) in [6.45, 7) is 7.27. The predicted molar refractivity (Wildman–Crippen MR) is 95.5 cm³/mol. The van der Waals surface area contributed by atoms with Gasteiger partial charge < -0.3 is 20.1 Å². The van der Waals surface area contributed by atoms with E-state index in [1.807, 2.05) is 18.9 Å². The lowest BCUT2D eigenvalue weighted by molar-refractivity contribution is -0.125. The van der Waals surface area contributed by atoms with E-state index in [-0.39, 0.29) is 17.9 Å². The van der Waals surface area contributed by atoms with Crippen LogP contribution in [0.15, 0.2) is 25.0 Å². The SMILES string of the molecule is C=CC(=O)N1CCC(N(C)c2cnc3[nH]cc(C(=O)NCC)c3n2)C1. The van der Waals surface area contributed by atoms with Crippen molar-refractivity contribution in [2.45, 2.75) is 19.4 Å². The maximum Gasteiger partial charge on any atom is 0.255 e. The molecule has 3 heterocycles. The van der Waals surface area contributed by atoms with Gasteiger partial charge in [0.15, 0.2) is 5.65 Å². The van der Waals surface area contributed by atoms with E-state index in [4.69, 9.17) is 0 Å². The molecule has 2 N–H and O–H groups in total. The average molecular weight is 342 g/mol. The molecule has 1 fully saturated rings. The number of fused-ring (bicyclic) bond motifs is 1. The van der Waals surface area contributed by atoms with Crippen molar-refractivity contribution in [3.63, 3.8) is 0 Å². The molecule has 1 atom stereocenters. The molecular formula is C17H22N6O2. The zero-order valence-electron chi connectivity index (χ0n) is 14.5. The van der Waals surface area contributed by atoms with Gasteiger partial charge in [0.05, 0.1) is 11.8 Å². The molecule has 1 saturated heterocycles. The van der Waals surface area contributed by atoms with Crippen LogP contribution in [0.5, 0.6) is 0 Å². The smallest absolute Gasteiger partial charge is 0.255 e. The summed E-state index contributed by atoms with van der Waals surface area (Å²) in [6.07, 6.45) is 5.50. The van der Waals surface area contributed by atoms with Crippen molar-refractivity contribution in [2.24, 2.45) is 0 Å². The lowest BCUT2D eigenvalue weighted by atomic mass is 10.2. The van der Waals surface area contributed by atoms with E-state index >= 15 is 0 Å². The van der Waals surface area contributed by atoms with Crippen molar-refractivity contribution in [2.75, 3.05) is 31.6 Å². The first-order valence-corrected chi connectivity index (χ1v) is 8.31. The summed E-state index contributed by atoms with van der Waals surface area (Å²) >= 11 is 0. The van der Waals surface area contributed by atoms with Crippen LogP contribution < -0.4 is 10.2 Å². The number of aromatic amines is 1. The number of carbonyl (C=O) groups excluding carboxylic acids is 2. The van der Waals surface area contributed by atoms with Crippen LogP contribution in [0, 0.1) is 0 Å². The van der Waals surface area contributed by atoms with Gasteiger partial charge in [-0.1, -0.05) is 6.58 Å². The molecule has 0 aromatic carbocycles. The minimum Gasteiger partial charge on any atom is -0.354 e. The molecule has 3 rings (SSSR count). The first-order valence-electron chi connectivity index (χ1n) is 8.31. The number of hydrogen-bond donors (Lipinski definition) is 2. The van der Waals surface area contributed by atoms with Crippen LogP contribution in [0.25, 0.3) is 11.2 Å². The second-order valence-electron chi connectivity index (χ2n) is 6.03. The van der Waals surface area contributed by atoms with Crippen molar-refractivity contribution < 1.29 is 9.59 Å². The quantitative estimate of drug-likeness (QED) is 0.789. The number of rotatable bonds is 5. The van der Waals surface area contributed by atoms with E-state index in [0.29, 0.717) is 42.2 Å². The summed E-state index contributed by atoms with van der Waals surface area (Å²) in [6, 6.07) is 0.155. The zero-order chi connectivity index (χ0) is 18.0. The molecule has 1 unspecified atom stereocenters. The van der Waals surface area contributed by atoms with E-state index in [1.165, 1.54) is 6.08 Å². The number of anilines is 1. The number of H-pyrrole nitrogens is 1. The van der Waals surface area contributed by atoms with Gasteiger partial charge >= 0.3 is 0 Å². The number of nitrogens with zero attached hydrogens (tertiary/aromatic N) is 4. The van der Waals surface area contributed by atoms with Crippen molar-refractivity contribution in [3.05, 3.63) is 30.6 Å². The van der Waals surface area contributed by atoms with E-state index < -0.39 is 0 Å². The third-order valence-corrected chi connectivity index (χ3v) is 4.51. The molecule has 0 radical (unpaired) electrons. The van der Waals surface area contributed by atoms with Gasteiger partial charge in [-0.25, -0.2) is 9.97 Å². The molecule has 2 aromatic rings. The normalized spacial score (nSPS) is 16.9. The Bertz CT molecular complexity index is 815. The molecule has 0 saturated carbocycles. The van der Waals surface area contributed by atoms with Crippen molar-refractivity contribution in [1.29, 1.82) is 0 Å². The molecule has 1 aliphatic heterocycles. The summed E-state index contributed by atoms with van der Waals surface area (Å²) in [5.41, 5.74) is 1.61. The monoisotopic (exact) mass is 342 g/mol. The number of nitrogens with one attached hydrogen (secondary N) is 2. The molecule has 2 aromatic heterocycles. The first kappa shape index (κ1) is 16.9. The van der Waals surface area contributed by atoms with Gasteiger partial charge in [0.25, 0.3) is 5.91 Å². The molecule has 0 aliphatic carbocycles. The Morgan fingerprint density at radius 2 is 2.36 bits per heavy atom. The summed E-state index contributed by atoms with van der Waals surface area (Å²) in [5, 5.41) is 2.77. The second kappa shape index (κ2) is 6.92. The van der Waals surface area contributed by atoms with Gasteiger partial charge in [0.1, 0.15) is 11.3 Å². The highest BCUT2D eigenvalue weighted by Crippen LogP contribution is 2.22. The minimum absolute atomic E-state index is 0.0541. The van der Waals surface area contributed by atoms with Gasteiger partial charge in [-0.15, -0.1) is 0 Å². The van der Waals surface area contributed by atoms with Gasteiger partial charge in [0.2, 0.25) is 5.91 Å². The summed E-state index contributed by atoms with van der Waals surface area (Å²) in [5.74, 6) is 0.448. The molecule has 0 spiro atoms.